The van der Waals surface area contributed by atoms with Crippen molar-refractivity contribution in [3.05, 3.63) is 60.6 Å². The van der Waals surface area contributed by atoms with Gasteiger partial charge in [0.2, 0.25) is 0 Å². The summed E-state index contributed by atoms with van der Waals surface area (Å²) in [5, 5.41) is 39.1. The van der Waals surface area contributed by atoms with E-state index >= 15 is 0 Å². The predicted octanol–water partition coefficient (Wildman–Crippen LogP) is 6.00. The number of carboxylic acid groups (broad SMARTS) is 3. The van der Waals surface area contributed by atoms with Gasteiger partial charge in [-0.1, -0.05) is 0 Å². The molecule has 60 heavy (non-hydrogen) atoms. The Morgan fingerprint density at radius 3 is 1.98 bits per heavy atom. The first kappa shape index (κ1) is 49.6. The highest BCUT2D eigenvalue weighted by atomic mass is 19.4. The number of alkyl halides is 9. The van der Waals surface area contributed by atoms with E-state index < -0.39 is 42.3 Å². The number of benzene rings is 1. The molecule has 0 bridgehead atoms. The van der Waals surface area contributed by atoms with Gasteiger partial charge < -0.3 is 35.3 Å². The molecule has 1 unspecified atom stereocenters. The van der Waals surface area contributed by atoms with Gasteiger partial charge in [-0.3, -0.25) is 9.48 Å². The number of piperidine rings is 1. The second-order valence-corrected chi connectivity index (χ2v) is 12.5. The normalized spacial score (nSPS) is 13.9. The van der Waals surface area contributed by atoms with Crippen molar-refractivity contribution in [2.75, 3.05) is 19.6 Å². The number of carboxylic acids is 3. The standard InChI is InChI=1S/C28H31FN8O2.3C2HF3O2/c1-18(2)35-28(38)19-11-21(29)13-24(12-19)39-23-5-9-36(10-6-23)16-22(3-7-30)37-15-20(14-34-37)26-25-4-8-31-27(25)33-17-32-26;3*3-2(4,5)1(6)7/h4,8,11-15,17-18,22-23H,3,5-6,9-10,16H2,1-2H3,(H,35,38)(H,31,32,33);3*(H,6,7). The minimum Gasteiger partial charge on any atom is -0.490 e. The number of aromatic nitrogens is 5. The summed E-state index contributed by atoms with van der Waals surface area (Å²) in [6.45, 7) is 5.92. The molecule has 328 valence electrons. The number of hydrogen-bond donors (Lipinski definition) is 5. The lowest BCUT2D eigenvalue weighted by atomic mass is 10.1. The Morgan fingerprint density at radius 2 is 1.48 bits per heavy atom. The molecular formula is C34H34F10N8O8. The maximum Gasteiger partial charge on any atom is 0.490 e. The van der Waals surface area contributed by atoms with Gasteiger partial charge in [0, 0.05) is 60.6 Å². The summed E-state index contributed by atoms with van der Waals surface area (Å²) in [7, 11) is 0. The number of nitrogens with zero attached hydrogens (tertiary/aromatic N) is 6. The van der Waals surface area contributed by atoms with Gasteiger partial charge in [-0.2, -0.15) is 49.9 Å². The van der Waals surface area contributed by atoms with Crippen molar-refractivity contribution in [2.24, 2.45) is 0 Å². The molecule has 0 radical (unpaired) electrons. The van der Waals surface area contributed by atoms with E-state index in [4.69, 9.17) is 34.4 Å². The van der Waals surface area contributed by atoms with E-state index in [-0.39, 0.29) is 29.7 Å². The van der Waals surface area contributed by atoms with Crippen molar-refractivity contribution in [1.29, 1.82) is 5.26 Å². The van der Waals surface area contributed by atoms with Crippen molar-refractivity contribution < 1.29 is 83.1 Å². The number of H-pyrrole nitrogens is 1. The van der Waals surface area contributed by atoms with E-state index in [0.29, 0.717) is 18.7 Å². The number of amides is 1. The summed E-state index contributed by atoms with van der Waals surface area (Å²) >= 11 is 0. The number of ether oxygens (including phenoxy) is 1. The smallest absolute Gasteiger partial charge is 0.490 e. The average Bonchev–Trinajstić information content (AvgIpc) is 3.82. The number of likely N-dealkylation sites (tertiary alicyclic amines) is 1. The van der Waals surface area contributed by atoms with Crippen LogP contribution in [0.25, 0.3) is 22.3 Å². The number of hydrogen-bond acceptors (Lipinski definition) is 10. The number of fused-ring (bicyclic) bond motifs is 1. The van der Waals surface area contributed by atoms with Crippen molar-refractivity contribution in [1.82, 2.24) is 34.9 Å². The Bertz CT molecular complexity index is 2050. The third-order valence-corrected chi connectivity index (χ3v) is 7.52. The number of aliphatic carboxylic acids is 3. The van der Waals surface area contributed by atoms with Crippen LogP contribution >= 0.6 is 0 Å². The number of nitrogens with one attached hydrogen (secondary N) is 2. The fourth-order valence-corrected chi connectivity index (χ4v) is 4.92. The van der Waals surface area contributed by atoms with Gasteiger partial charge in [0.05, 0.1) is 30.4 Å². The van der Waals surface area contributed by atoms with Crippen molar-refractivity contribution >= 4 is 34.8 Å². The van der Waals surface area contributed by atoms with Gasteiger partial charge >= 0.3 is 36.4 Å². The first-order valence-corrected chi connectivity index (χ1v) is 16.8. The number of halogens is 10. The molecule has 26 heteroatoms. The molecule has 0 saturated carbocycles. The topological polar surface area (TPSA) is 237 Å². The van der Waals surface area contributed by atoms with E-state index in [9.17, 15) is 54.0 Å². The van der Waals surface area contributed by atoms with Gasteiger partial charge in [-0.15, -0.1) is 0 Å². The summed E-state index contributed by atoms with van der Waals surface area (Å²) in [5.41, 5.74) is 2.67. The Hall–Kier alpha value is -6.52. The number of aromatic amines is 1. The van der Waals surface area contributed by atoms with E-state index in [1.54, 1.807) is 12.3 Å². The molecule has 1 saturated heterocycles. The largest absolute Gasteiger partial charge is 0.490 e. The highest BCUT2D eigenvalue weighted by molar-refractivity contribution is 5.94. The Morgan fingerprint density at radius 1 is 0.933 bits per heavy atom. The summed E-state index contributed by atoms with van der Waals surface area (Å²) in [5.74, 6) is -8.75. The zero-order chi connectivity index (χ0) is 45.6. The summed E-state index contributed by atoms with van der Waals surface area (Å²) in [6, 6.07) is 8.19. The van der Waals surface area contributed by atoms with Crippen LogP contribution in [0, 0.1) is 17.1 Å². The monoisotopic (exact) mass is 872 g/mol. The van der Waals surface area contributed by atoms with Crippen LogP contribution in [0.2, 0.25) is 0 Å². The second-order valence-electron chi connectivity index (χ2n) is 12.5. The number of rotatable bonds is 9. The first-order valence-electron chi connectivity index (χ1n) is 16.8. The van der Waals surface area contributed by atoms with Crippen LogP contribution in [0.1, 0.15) is 49.5 Å². The van der Waals surface area contributed by atoms with Crippen LogP contribution in [0.5, 0.6) is 5.75 Å². The lowest BCUT2D eigenvalue weighted by molar-refractivity contribution is -0.193. The molecule has 0 spiro atoms. The van der Waals surface area contributed by atoms with Gasteiger partial charge in [0.1, 0.15) is 29.6 Å². The predicted molar refractivity (Wildman–Crippen MR) is 185 cm³/mol. The molecule has 0 aliphatic carbocycles. The maximum atomic E-state index is 14.2. The highest BCUT2D eigenvalue weighted by Crippen LogP contribution is 2.27. The summed E-state index contributed by atoms with van der Waals surface area (Å²) in [6.07, 6.45) is -6.45. The number of nitriles is 1. The van der Waals surface area contributed by atoms with Crippen LogP contribution in [0.3, 0.4) is 0 Å². The minimum absolute atomic E-state index is 0.0462. The summed E-state index contributed by atoms with van der Waals surface area (Å²) in [4.78, 5) is 53.1. The van der Waals surface area contributed by atoms with Crippen LogP contribution in [0.15, 0.2) is 49.2 Å². The Labute approximate surface area is 331 Å². The van der Waals surface area contributed by atoms with Gasteiger partial charge in [-0.25, -0.2) is 28.7 Å². The SMILES string of the molecule is CC(C)NC(=O)c1cc(F)cc(OC2CCN(CC(CC#N)n3cc(-c4ncnc5[nH]ccc45)cn3)CC2)c1.O=C(O)C(F)(F)F.O=C(O)C(F)(F)F.O=C(O)C(F)(F)F. The van der Waals surface area contributed by atoms with E-state index in [2.05, 4.69) is 36.3 Å². The molecule has 1 atom stereocenters. The van der Waals surface area contributed by atoms with Crippen LogP contribution in [-0.2, 0) is 14.4 Å². The van der Waals surface area contributed by atoms with Gasteiger partial charge in [0.25, 0.3) is 5.91 Å². The van der Waals surface area contributed by atoms with Gasteiger partial charge in [0.15, 0.2) is 0 Å². The molecule has 5 N–H and O–H groups in total. The average molecular weight is 873 g/mol. The molecule has 1 aliphatic heterocycles. The summed E-state index contributed by atoms with van der Waals surface area (Å²) < 4.78 is 117. The number of carbonyl (C=O) groups is 4. The van der Waals surface area contributed by atoms with E-state index in [1.807, 2.05) is 37.0 Å². The molecule has 5 rings (SSSR count). The first-order chi connectivity index (χ1) is 27.7. The lowest BCUT2D eigenvalue weighted by Crippen LogP contribution is -2.41. The third kappa shape index (κ3) is 16.4. The van der Waals surface area contributed by atoms with Crippen molar-refractivity contribution in [3.8, 4) is 23.1 Å². The zero-order valence-corrected chi connectivity index (χ0v) is 30.9. The molecule has 4 heterocycles. The van der Waals surface area contributed by atoms with Crippen LogP contribution < -0.4 is 10.1 Å². The molecule has 1 amide bonds. The molecule has 4 aromatic rings. The van der Waals surface area contributed by atoms with E-state index in [0.717, 1.165) is 48.2 Å². The molecule has 16 nitrogen and oxygen atoms in total. The fourth-order valence-electron chi connectivity index (χ4n) is 4.92. The molecule has 3 aromatic heterocycles. The van der Waals surface area contributed by atoms with Crippen molar-refractivity contribution in [3.63, 3.8) is 0 Å². The minimum atomic E-state index is -5.08. The van der Waals surface area contributed by atoms with Crippen LogP contribution in [0.4, 0.5) is 43.9 Å². The lowest BCUT2D eigenvalue weighted by Gasteiger charge is -2.34. The second kappa shape index (κ2) is 21.5. The quantitative estimate of drug-likeness (QED) is 0.122. The van der Waals surface area contributed by atoms with Crippen molar-refractivity contribution in [2.45, 2.75) is 69.8 Å². The molecule has 1 aliphatic rings. The zero-order valence-electron chi connectivity index (χ0n) is 30.9. The van der Waals surface area contributed by atoms with Gasteiger partial charge in [-0.05, 0) is 44.9 Å². The highest BCUT2D eigenvalue weighted by Gasteiger charge is 2.39. The maximum absolute atomic E-state index is 14.2. The Kier molecular flexibility index (Phi) is 17.8. The third-order valence-electron chi connectivity index (χ3n) is 7.52. The van der Waals surface area contributed by atoms with Crippen LogP contribution in [-0.4, -0.2) is 119 Å². The Balaban J connectivity index is 0.000000485. The fraction of sp³-hybridized carbons (Fsp3) is 0.412. The van der Waals surface area contributed by atoms with E-state index in [1.165, 1.54) is 18.5 Å². The number of carbonyl (C=O) groups excluding carboxylic acids is 1. The molecular weight excluding hydrogens is 838 g/mol. The molecule has 1 aromatic carbocycles. The molecule has 1 fully saturated rings.